The minimum atomic E-state index is -3.11. The zero-order valence-corrected chi connectivity index (χ0v) is 9.41. The molecule has 0 atom stereocenters. The van der Waals surface area contributed by atoms with Crippen molar-refractivity contribution in [1.29, 1.82) is 0 Å². The van der Waals surface area contributed by atoms with Crippen molar-refractivity contribution >= 4 is 0 Å². The molecule has 17 heavy (non-hydrogen) atoms. The van der Waals surface area contributed by atoms with Gasteiger partial charge in [-0.25, -0.2) is 0 Å². The molecule has 2 nitrogen and oxygen atoms in total. The quantitative estimate of drug-likeness (QED) is 0.889. The topological polar surface area (TPSA) is 39.2 Å². The number of halogens is 2. The van der Waals surface area contributed by atoms with Gasteiger partial charge in [0.15, 0.2) is 5.76 Å². The molecule has 0 unspecified atom stereocenters. The van der Waals surface area contributed by atoms with Crippen LogP contribution in [-0.4, -0.2) is 6.54 Å². The molecule has 1 aromatic heterocycles. The van der Waals surface area contributed by atoms with E-state index < -0.39 is 18.2 Å². The first kappa shape index (κ1) is 11.8. The SMILES string of the molecule is Cc1ccc(-c2ccc(C(F)(F)CN)o2)cc1. The Kier molecular flexibility index (Phi) is 2.98. The van der Waals surface area contributed by atoms with Crippen LogP contribution in [0, 0.1) is 6.92 Å². The Morgan fingerprint density at radius 1 is 1.12 bits per heavy atom. The van der Waals surface area contributed by atoms with Crippen LogP contribution in [0.25, 0.3) is 11.3 Å². The number of nitrogens with two attached hydrogens (primary N) is 1. The van der Waals surface area contributed by atoms with Crippen molar-refractivity contribution in [3.05, 3.63) is 47.7 Å². The molecular formula is C13H13F2NO. The summed E-state index contributed by atoms with van der Waals surface area (Å²) in [6.07, 6.45) is 0. The number of hydrogen-bond donors (Lipinski definition) is 1. The van der Waals surface area contributed by atoms with E-state index in [0.717, 1.165) is 11.1 Å². The van der Waals surface area contributed by atoms with Crippen LogP contribution >= 0.6 is 0 Å². The molecule has 0 aliphatic rings. The minimum Gasteiger partial charge on any atom is -0.455 e. The molecule has 0 radical (unpaired) electrons. The Morgan fingerprint density at radius 3 is 2.35 bits per heavy atom. The summed E-state index contributed by atoms with van der Waals surface area (Å²) < 4.78 is 31.7. The van der Waals surface area contributed by atoms with Gasteiger partial charge in [-0.15, -0.1) is 0 Å². The Morgan fingerprint density at radius 2 is 1.76 bits per heavy atom. The third-order valence-corrected chi connectivity index (χ3v) is 2.56. The molecule has 0 aliphatic carbocycles. The van der Waals surface area contributed by atoms with Crippen LogP contribution in [0.1, 0.15) is 11.3 Å². The molecule has 2 N–H and O–H groups in total. The minimum absolute atomic E-state index is 0.393. The Balaban J connectivity index is 2.33. The second kappa shape index (κ2) is 4.30. The van der Waals surface area contributed by atoms with Crippen LogP contribution in [0.3, 0.4) is 0 Å². The fraction of sp³-hybridized carbons (Fsp3) is 0.231. The Bertz CT molecular complexity index is 502. The van der Waals surface area contributed by atoms with Crippen molar-refractivity contribution in [2.75, 3.05) is 6.54 Å². The average Bonchev–Trinajstić information content (AvgIpc) is 2.80. The normalized spacial score (nSPS) is 11.8. The Hall–Kier alpha value is -1.68. The fourth-order valence-electron chi connectivity index (χ4n) is 1.51. The van der Waals surface area contributed by atoms with Crippen molar-refractivity contribution in [3.8, 4) is 11.3 Å². The van der Waals surface area contributed by atoms with Crippen molar-refractivity contribution in [1.82, 2.24) is 0 Å². The maximum absolute atomic E-state index is 13.3. The molecule has 0 spiro atoms. The number of hydrogen-bond acceptors (Lipinski definition) is 2. The highest BCUT2D eigenvalue weighted by Gasteiger charge is 2.33. The highest BCUT2D eigenvalue weighted by atomic mass is 19.3. The molecule has 4 heteroatoms. The molecule has 2 rings (SSSR count). The van der Waals surface area contributed by atoms with Crippen molar-refractivity contribution in [3.63, 3.8) is 0 Å². The van der Waals surface area contributed by atoms with Crippen molar-refractivity contribution in [2.45, 2.75) is 12.8 Å². The predicted molar refractivity (Wildman–Crippen MR) is 61.8 cm³/mol. The third-order valence-electron chi connectivity index (χ3n) is 2.56. The maximum atomic E-state index is 13.3. The zero-order valence-electron chi connectivity index (χ0n) is 9.41. The van der Waals surface area contributed by atoms with Crippen molar-refractivity contribution in [2.24, 2.45) is 5.73 Å². The van der Waals surface area contributed by atoms with Gasteiger partial charge in [-0.05, 0) is 19.1 Å². The number of benzene rings is 1. The van der Waals surface area contributed by atoms with E-state index in [1.165, 1.54) is 12.1 Å². The first-order valence-corrected chi connectivity index (χ1v) is 5.28. The van der Waals surface area contributed by atoms with Gasteiger partial charge in [0.2, 0.25) is 0 Å². The number of alkyl halides is 2. The summed E-state index contributed by atoms with van der Waals surface area (Å²) in [5, 5.41) is 0. The molecule has 1 aromatic carbocycles. The Labute approximate surface area is 98.0 Å². The number of rotatable bonds is 3. The zero-order chi connectivity index (χ0) is 12.5. The molecule has 0 fully saturated rings. The van der Waals surface area contributed by atoms with Crippen molar-refractivity contribution < 1.29 is 13.2 Å². The first-order chi connectivity index (χ1) is 8.03. The van der Waals surface area contributed by atoms with Gasteiger partial charge in [-0.1, -0.05) is 29.8 Å². The molecule has 90 valence electrons. The van der Waals surface area contributed by atoms with Crippen LogP contribution in [0.5, 0.6) is 0 Å². The van der Waals surface area contributed by atoms with Gasteiger partial charge in [-0.3, -0.25) is 0 Å². The van der Waals surface area contributed by atoms with E-state index in [1.54, 1.807) is 0 Å². The predicted octanol–water partition coefficient (Wildman–Crippen LogP) is 3.31. The monoisotopic (exact) mass is 237 g/mol. The largest absolute Gasteiger partial charge is 0.455 e. The summed E-state index contributed by atoms with van der Waals surface area (Å²) in [6.45, 7) is 1.20. The van der Waals surface area contributed by atoms with Gasteiger partial charge >= 0.3 is 5.92 Å². The first-order valence-electron chi connectivity index (χ1n) is 5.28. The van der Waals surface area contributed by atoms with E-state index in [0.29, 0.717) is 5.76 Å². The van der Waals surface area contributed by atoms with E-state index in [1.807, 2.05) is 31.2 Å². The van der Waals surface area contributed by atoms with Gasteiger partial charge in [0.1, 0.15) is 5.76 Å². The number of aryl methyl sites for hydroxylation is 1. The summed E-state index contributed by atoms with van der Waals surface area (Å²) >= 11 is 0. The standard InChI is InChI=1S/C13H13F2NO/c1-9-2-4-10(5-3-9)11-6-7-12(17-11)13(14,15)8-16/h2-7H,8,16H2,1H3. The molecule has 0 saturated carbocycles. The molecule has 0 bridgehead atoms. The summed E-state index contributed by atoms with van der Waals surface area (Å²) in [5.74, 6) is -3.08. The smallest absolute Gasteiger partial charge is 0.316 e. The summed E-state index contributed by atoms with van der Waals surface area (Å²) in [6, 6.07) is 10.3. The summed E-state index contributed by atoms with van der Waals surface area (Å²) in [4.78, 5) is 0. The van der Waals surface area contributed by atoms with E-state index in [-0.39, 0.29) is 0 Å². The van der Waals surface area contributed by atoms with Crippen LogP contribution < -0.4 is 5.73 Å². The lowest BCUT2D eigenvalue weighted by atomic mass is 10.1. The average molecular weight is 237 g/mol. The second-order valence-electron chi connectivity index (χ2n) is 3.94. The van der Waals surface area contributed by atoms with Gasteiger partial charge < -0.3 is 10.2 Å². The number of furan rings is 1. The van der Waals surface area contributed by atoms with Gasteiger partial charge in [0, 0.05) is 5.56 Å². The molecule has 0 aliphatic heterocycles. The lowest BCUT2D eigenvalue weighted by Crippen LogP contribution is -2.24. The molecule has 1 heterocycles. The fourth-order valence-corrected chi connectivity index (χ4v) is 1.51. The van der Waals surface area contributed by atoms with E-state index in [4.69, 9.17) is 10.2 Å². The second-order valence-corrected chi connectivity index (χ2v) is 3.94. The lowest BCUT2D eigenvalue weighted by molar-refractivity contribution is -0.0154. The highest BCUT2D eigenvalue weighted by molar-refractivity contribution is 5.58. The maximum Gasteiger partial charge on any atom is 0.316 e. The third kappa shape index (κ3) is 2.36. The summed E-state index contributed by atoms with van der Waals surface area (Å²) in [7, 11) is 0. The van der Waals surface area contributed by atoms with E-state index >= 15 is 0 Å². The van der Waals surface area contributed by atoms with Crippen LogP contribution in [0.2, 0.25) is 0 Å². The van der Waals surface area contributed by atoms with Gasteiger partial charge in [-0.2, -0.15) is 8.78 Å². The lowest BCUT2D eigenvalue weighted by Gasteiger charge is -2.09. The van der Waals surface area contributed by atoms with Gasteiger partial charge in [0.25, 0.3) is 0 Å². The molecule has 2 aromatic rings. The van der Waals surface area contributed by atoms with Crippen LogP contribution in [-0.2, 0) is 5.92 Å². The van der Waals surface area contributed by atoms with E-state index in [9.17, 15) is 8.78 Å². The molecule has 0 saturated heterocycles. The van der Waals surface area contributed by atoms with E-state index in [2.05, 4.69) is 0 Å². The molecular weight excluding hydrogens is 224 g/mol. The molecule has 0 amide bonds. The highest BCUT2D eigenvalue weighted by Crippen LogP contribution is 2.31. The van der Waals surface area contributed by atoms with Crippen LogP contribution in [0.4, 0.5) is 8.78 Å². The summed E-state index contributed by atoms with van der Waals surface area (Å²) in [5.41, 5.74) is 6.87. The van der Waals surface area contributed by atoms with Crippen LogP contribution in [0.15, 0.2) is 40.8 Å². The van der Waals surface area contributed by atoms with Gasteiger partial charge in [0.05, 0.1) is 6.54 Å².